The fourth-order valence-corrected chi connectivity index (χ4v) is 1.36. The highest BCUT2D eigenvalue weighted by Crippen LogP contribution is 2.18. The molecule has 1 rings (SSSR count). The summed E-state index contributed by atoms with van der Waals surface area (Å²) >= 11 is 0. The van der Waals surface area contributed by atoms with Gasteiger partial charge in [-0.2, -0.15) is 0 Å². The largest absolute Gasteiger partial charge is 0.465 e. The van der Waals surface area contributed by atoms with Crippen molar-refractivity contribution < 1.29 is 28.8 Å². The molecule has 0 atom stereocenters. The number of benzene rings is 1. The minimum Gasteiger partial charge on any atom is -0.465 e. The highest BCUT2D eigenvalue weighted by molar-refractivity contribution is 5.97. The lowest BCUT2D eigenvalue weighted by atomic mass is 10.1. The second-order valence-electron chi connectivity index (χ2n) is 3.77. The van der Waals surface area contributed by atoms with Crippen LogP contribution in [0.15, 0.2) is 18.2 Å². The number of rotatable bonds is 5. The van der Waals surface area contributed by atoms with Crippen LogP contribution in [0, 0.1) is 10.1 Å². The van der Waals surface area contributed by atoms with Crippen molar-refractivity contribution in [2.24, 2.45) is 0 Å². The van der Waals surface area contributed by atoms with E-state index in [9.17, 15) is 24.5 Å². The molecule has 0 spiro atoms. The molecule has 112 valence electrons. The van der Waals surface area contributed by atoms with Crippen LogP contribution in [0.1, 0.15) is 20.7 Å². The molecule has 0 bridgehead atoms. The molecular weight excluding hydrogens is 284 g/mol. The molecule has 0 fully saturated rings. The third kappa shape index (κ3) is 4.27. The van der Waals surface area contributed by atoms with E-state index in [1.165, 1.54) is 7.05 Å². The Bertz CT molecular complexity index is 597. The van der Waals surface area contributed by atoms with E-state index in [1.807, 2.05) is 0 Å². The second-order valence-corrected chi connectivity index (χ2v) is 3.77. The molecule has 9 nitrogen and oxygen atoms in total. The SMILES string of the molecule is CNC(=O)COC(=O)c1cc(C(=O)OC)cc([N+](=O)[O-])c1. The normalized spacial score (nSPS) is 9.62. The second kappa shape index (κ2) is 6.98. The summed E-state index contributed by atoms with van der Waals surface area (Å²) in [6.07, 6.45) is 0. The van der Waals surface area contributed by atoms with Gasteiger partial charge in [-0.25, -0.2) is 9.59 Å². The molecule has 1 aromatic rings. The number of nitro groups is 1. The molecule has 0 aromatic heterocycles. The molecule has 0 unspecified atom stereocenters. The predicted molar refractivity (Wildman–Crippen MR) is 68.8 cm³/mol. The van der Waals surface area contributed by atoms with Crippen LogP contribution in [-0.4, -0.2) is 43.5 Å². The number of methoxy groups -OCH3 is 1. The van der Waals surface area contributed by atoms with Crippen LogP contribution in [0.4, 0.5) is 5.69 Å². The number of nitrogens with one attached hydrogen (secondary N) is 1. The lowest BCUT2D eigenvalue weighted by Gasteiger charge is -2.05. The Balaban J connectivity index is 3.07. The number of nitro benzene ring substituents is 1. The Kier molecular flexibility index (Phi) is 5.35. The topological polar surface area (TPSA) is 125 Å². The van der Waals surface area contributed by atoms with Crippen molar-refractivity contribution in [2.75, 3.05) is 20.8 Å². The summed E-state index contributed by atoms with van der Waals surface area (Å²) in [7, 11) is 2.46. The summed E-state index contributed by atoms with van der Waals surface area (Å²) in [5.41, 5.74) is -0.864. The number of carbonyl (C=O) groups excluding carboxylic acids is 3. The molecule has 1 aromatic carbocycles. The van der Waals surface area contributed by atoms with Crippen LogP contribution < -0.4 is 5.32 Å². The molecule has 0 aliphatic carbocycles. The molecule has 1 amide bonds. The Morgan fingerprint density at radius 1 is 1.19 bits per heavy atom. The lowest BCUT2D eigenvalue weighted by molar-refractivity contribution is -0.384. The first-order valence-corrected chi connectivity index (χ1v) is 5.64. The Hall–Kier alpha value is -2.97. The van der Waals surface area contributed by atoms with Gasteiger partial charge in [-0.15, -0.1) is 0 Å². The number of carbonyl (C=O) groups is 3. The third-order valence-electron chi connectivity index (χ3n) is 2.40. The van der Waals surface area contributed by atoms with Gasteiger partial charge in [0.2, 0.25) is 0 Å². The number of hydrogen-bond acceptors (Lipinski definition) is 7. The molecule has 9 heteroatoms. The smallest absolute Gasteiger partial charge is 0.338 e. The monoisotopic (exact) mass is 296 g/mol. The predicted octanol–water partition coefficient (Wildman–Crippen LogP) is 0.284. The van der Waals surface area contributed by atoms with Crippen molar-refractivity contribution in [2.45, 2.75) is 0 Å². The van der Waals surface area contributed by atoms with Crippen molar-refractivity contribution >= 4 is 23.5 Å². The van der Waals surface area contributed by atoms with Gasteiger partial charge in [-0.05, 0) is 6.07 Å². The van der Waals surface area contributed by atoms with Crippen molar-refractivity contribution in [3.63, 3.8) is 0 Å². The minimum atomic E-state index is -0.965. The molecule has 0 saturated carbocycles. The maximum Gasteiger partial charge on any atom is 0.338 e. The number of ether oxygens (including phenoxy) is 2. The molecule has 0 aliphatic rings. The van der Waals surface area contributed by atoms with Crippen LogP contribution in [0.2, 0.25) is 0 Å². The van der Waals surface area contributed by atoms with E-state index in [0.717, 1.165) is 25.3 Å². The minimum absolute atomic E-state index is 0.168. The molecule has 21 heavy (non-hydrogen) atoms. The summed E-state index contributed by atoms with van der Waals surface area (Å²) in [6, 6.07) is 3.00. The summed E-state index contributed by atoms with van der Waals surface area (Å²) < 4.78 is 9.10. The number of amides is 1. The first-order valence-electron chi connectivity index (χ1n) is 5.64. The van der Waals surface area contributed by atoms with Crippen LogP contribution in [-0.2, 0) is 14.3 Å². The quantitative estimate of drug-likeness (QED) is 0.470. The van der Waals surface area contributed by atoms with Gasteiger partial charge in [0.15, 0.2) is 6.61 Å². The number of likely N-dealkylation sites (N-methyl/N-ethyl adjacent to an activating group) is 1. The molecule has 1 N–H and O–H groups in total. The van der Waals surface area contributed by atoms with E-state index in [4.69, 9.17) is 0 Å². The van der Waals surface area contributed by atoms with E-state index in [2.05, 4.69) is 14.8 Å². The highest BCUT2D eigenvalue weighted by Gasteiger charge is 2.19. The van der Waals surface area contributed by atoms with E-state index in [-0.39, 0.29) is 11.1 Å². The van der Waals surface area contributed by atoms with E-state index in [0.29, 0.717) is 0 Å². The standard InChI is InChI=1S/C12H12N2O7/c1-13-10(15)6-21-12(17)8-3-7(11(16)20-2)4-9(5-8)14(18)19/h3-5H,6H2,1-2H3,(H,13,15). The summed E-state index contributed by atoms with van der Waals surface area (Å²) in [5.74, 6) is -2.34. The van der Waals surface area contributed by atoms with Gasteiger partial charge in [0.25, 0.3) is 11.6 Å². The summed E-state index contributed by atoms with van der Waals surface area (Å²) in [4.78, 5) is 44.1. The average Bonchev–Trinajstić information content (AvgIpc) is 2.50. The van der Waals surface area contributed by atoms with Crippen molar-refractivity contribution in [1.82, 2.24) is 5.32 Å². The number of nitrogens with zero attached hydrogens (tertiary/aromatic N) is 1. The molecule has 0 aliphatic heterocycles. The van der Waals surface area contributed by atoms with Crippen LogP contribution in [0.3, 0.4) is 0 Å². The van der Waals surface area contributed by atoms with Crippen molar-refractivity contribution in [3.05, 3.63) is 39.4 Å². The molecule has 0 saturated heterocycles. The van der Waals surface area contributed by atoms with Crippen LogP contribution in [0.25, 0.3) is 0 Å². The number of non-ortho nitro benzene ring substituents is 1. The van der Waals surface area contributed by atoms with Gasteiger partial charge in [0.1, 0.15) is 0 Å². The Labute approximate surface area is 119 Å². The average molecular weight is 296 g/mol. The highest BCUT2D eigenvalue weighted by atomic mass is 16.6. The zero-order valence-electron chi connectivity index (χ0n) is 11.2. The maximum atomic E-state index is 11.7. The first-order chi connectivity index (χ1) is 9.88. The third-order valence-corrected chi connectivity index (χ3v) is 2.40. The van der Waals surface area contributed by atoms with Gasteiger partial charge in [0.05, 0.1) is 23.2 Å². The zero-order valence-corrected chi connectivity index (χ0v) is 11.2. The van der Waals surface area contributed by atoms with Gasteiger partial charge >= 0.3 is 11.9 Å². The van der Waals surface area contributed by atoms with Crippen molar-refractivity contribution in [1.29, 1.82) is 0 Å². The summed E-state index contributed by atoms with van der Waals surface area (Å²) in [6.45, 7) is -0.536. The Morgan fingerprint density at radius 3 is 2.24 bits per heavy atom. The van der Waals surface area contributed by atoms with Gasteiger partial charge in [-0.3, -0.25) is 14.9 Å². The summed E-state index contributed by atoms with van der Waals surface area (Å²) in [5, 5.41) is 13.0. The fraction of sp³-hybridized carbons (Fsp3) is 0.250. The van der Waals surface area contributed by atoms with Crippen molar-refractivity contribution in [3.8, 4) is 0 Å². The van der Waals surface area contributed by atoms with Gasteiger partial charge < -0.3 is 14.8 Å². The Morgan fingerprint density at radius 2 is 1.76 bits per heavy atom. The molecule has 0 heterocycles. The lowest BCUT2D eigenvalue weighted by Crippen LogP contribution is -2.25. The fourth-order valence-electron chi connectivity index (χ4n) is 1.36. The van der Waals surface area contributed by atoms with E-state index < -0.39 is 35.1 Å². The first kappa shape index (κ1) is 16.1. The van der Waals surface area contributed by atoms with Gasteiger partial charge in [0, 0.05) is 19.2 Å². The molecular formula is C12H12N2O7. The maximum absolute atomic E-state index is 11.7. The zero-order chi connectivity index (χ0) is 16.0. The van der Waals surface area contributed by atoms with Crippen LogP contribution >= 0.6 is 0 Å². The number of hydrogen-bond donors (Lipinski definition) is 1. The van der Waals surface area contributed by atoms with E-state index >= 15 is 0 Å². The van der Waals surface area contributed by atoms with Crippen LogP contribution in [0.5, 0.6) is 0 Å². The van der Waals surface area contributed by atoms with Gasteiger partial charge in [-0.1, -0.05) is 0 Å². The number of esters is 2. The molecule has 0 radical (unpaired) electrons. The van der Waals surface area contributed by atoms with E-state index in [1.54, 1.807) is 0 Å².